The van der Waals surface area contributed by atoms with Gasteiger partial charge in [-0.15, -0.1) is 0 Å². The first kappa shape index (κ1) is 12.8. The lowest BCUT2D eigenvalue weighted by Gasteiger charge is -2.07. The molecule has 0 saturated carbocycles. The van der Waals surface area contributed by atoms with Gasteiger partial charge in [0.05, 0.1) is 10.2 Å². The van der Waals surface area contributed by atoms with E-state index < -0.39 is 0 Å². The molecule has 5 heteroatoms. The molecule has 3 nitrogen and oxygen atoms in total. The fraction of sp³-hybridized carbons (Fsp3) is 0.154. The van der Waals surface area contributed by atoms with Crippen molar-refractivity contribution in [2.75, 3.05) is 12.4 Å². The molecule has 1 aromatic heterocycles. The molecule has 0 amide bonds. The lowest BCUT2D eigenvalue weighted by molar-refractivity contribution is 0.300. The molecule has 0 aliphatic heterocycles. The van der Waals surface area contributed by atoms with E-state index in [4.69, 9.17) is 4.74 Å². The zero-order valence-corrected chi connectivity index (χ0v) is 11.4. The summed E-state index contributed by atoms with van der Waals surface area (Å²) in [5.74, 6) is 0.912. The minimum atomic E-state index is -0.343. The van der Waals surface area contributed by atoms with Crippen molar-refractivity contribution in [1.82, 2.24) is 4.98 Å². The number of nitrogens with one attached hydrogen (secondary N) is 1. The smallest absolute Gasteiger partial charge is 0.141 e. The Balaban J connectivity index is 2.04. The first-order valence-corrected chi connectivity index (χ1v) is 6.20. The van der Waals surface area contributed by atoms with Crippen LogP contribution in [0.2, 0.25) is 0 Å². The van der Waals surface area contributed by atoms with Crippen LogP contribution >= 0.6 is 15.9 Å². The Morgan fingerprint density at radius 2 is 2.17 bits per heavy atom. The van der Waals surface area contributed by atoms with Gasteiger partial charge in [-0.05, 0) is 40.2 Å². The molecular weight excluding hydrogens is 299 g/mol. The molecule has 0 unspecified atom stereocenters. The number of pyridine rings is 1. The van der Waals surface area contributed by atoms with Crippen molar-refractivity contribution in [1.29, 1.82) is 0 Å². The van der Waals surface area contributed by atoms with Crippen molar-refractivity contribution >= 4 is 21.7 Å². The summed E-state index contributed by atoms with van der Waals surface area (Å²) >= 11 is 3.09. The van der Waals surface area contributed by atoms with Crippen LogP contribution in [0.1, 0.15) is 5.69 Å². The third-order valence-corrected chi connectivity index (χ3v) is 2.98. The predicted octanol–water partition coefficient (Wildman–Crippen LogP) is 3.60. The van der Waals surface area contributed by atoms with Crippen LogP contribution in [0, 0.1) is 5.82 Å². The summed E-state index contributed by atoms with van der Waals surface area (Å²) in [5.41, 5.74) is 0.783. The zero-order chi connectivity index (χ0) is 13.0. The average Bonchev–Trinajstić information content (AvgIpc) is 2.40. The fourth-order valence-corrected chi connectivity index (χ4v) is 1.67. The summed E-state index contributed by atoms with van der Waals surface area (Å²) in [7, 11) is 1.80. The van der Waals surface area contributed by atoms with Gasteiger partial charge in [-0.25, -0.2) is 9.37 Å². The van der Waals surface area contributed by atoms with Crippen molar-refractivity contribution < 1.29 is 9.13 Å². The van der Waals surface area contributed by atoms with Gasteiger partial charge in [0.15, 0.2) is 0 Å². The predicted molar refractivity (Wildman–Crippen MR) is 72.2 cm³/mol. The summed E-state index contributed by atoms with van der Waals surface area (Å²) < 4.78 is 19.2. The van der Waals surface area contributed by atoms with Gasteiger partial charge < -0.3 is 10.1 Å². The highest BCUT2D eigenvalue weighted by Crippen LogP contribution is 2.21. The molecule has 1 heterocycles. The molecule has 2 aromatic rings. The van der Waals surface area contributed by atoms with Crippen molar-refractivity contribution in [3.05, 3.63) is 52.4 Å². The number of hydrogen-bond donors (Lipinski definition) is 1. The summed E-state index contributed by atoms with van der Waals surface area (Å²) in [6.07, 6.45) is 0. The molecule has 0 saturated heterocycles. The largest absolute Gasteiger partial charge is 0.487 e. The molecule has 0 atom stereocenters. The Morgan fingerprint density at radius 1 is 1.33 bits per heavy atom. The summed E-state index contributed by atoms with van der Waals surface area (Å²) in [6.45, 7) is 0.302. The molecule has 0 aliphatic rings. The topological polar surface area (TPSA) is 34.1 Å². The number of anilines is 1. The van der Waals surface area contributed by atoms with Crippen LogP contribution in [-0.2, 0) is 6.61 Å². The molecule has 0 spiro atoms. The Kier molecular flexibility index (Phi) is 4.15. The molecular formula is C13H12BrFN2O. The number of hydrogen-bond acceptors (Lipinski definition) is 3. The maximum absolute atomic E-state index is 13.3. The quantitative estimate of drug-likeness (QED) is 0.937. The van der Waals surface area contributed by atoms with Gasteiger partial charge in [-0.3, -0.25) is 0 Å². The molecule has 0 radical (unpaired) electrons. The first-order chi connectivity index (χ1) is 8.69. The fourth-order valence-electron chi connectivity index (χ4n) is 1.42. The second kappa shape index (κ2) is 5.82. The molecule has 1 aromatic carbocycles. The van der Waals surface area contributed by atoms with Gasteiger partial charge in [0.2, 0.25) is 0 Å². The minimum absolute atomic E-state index is 0.302. The number of benzene rings is 1. The van der Waals surface area contributed by atoms with E-state index in [1.807, 2.05) is 18.2 Å². The van der Waals surface area contributed by atoms with Crippen LogP contribution in [-0.4, -0.2) is 12.0 Å². The average molecular weight is 311 g/mol. The van der Waals surface area contributed by atoms with Gasteiger partial charge in [0.25, 0.3) is 0 Å². The summed E-state index contributed by atoms with van der Waals surface area (Å²) in [4.78, 5) is 4.31. The van der Waals surface area contributed by atoms with E-state index in [-0.39, 0.29) is 5.82 Å². The normalized spacial score (nSPS) is 10.2. The molecule has 0 fully saturated rings. The highest BCUT2D eigenvalue weighted by atomic mass is 79.9. The van der Waals surface area contributed by atoms with Crippen molar-refractivity contribution in [2.45, 2.75) is 6.61 Å². The van der Waals surface area contributed by atoms with Gasteiger partial charge in [-0.1, -0.05) is 6.07 Å². The van der Waals surface area contributed by atoms with Crippen molar-refractivity contribution in [3.63, 3.8) is 0 Å². The summed E-state index contributed by atoms with van der Waals surface area (Å²) in [5, 5.41) is 2.95. The van der Waals surface area contributed by atoms with E-state index in [0.717, 1.165) is 11.5 Å². The number of halogens is 2. The molecule has 0 bridgehead atoms. The monoisotopic (exact) mass is 310 g/mol. The third kappa shape index (κ3) is 3.20. The Bertz CT molecular complexity index is 548. The zero-order valence-electron chi connectivity index (χ0n) is 9.78. The second-order valence-electron chi connectivity index (χ2n) is 3.63. The lowest BCUT2D eigenvalue weighted by atomic mass is 10.3. The molecule has 2 rings (SSSR count). The van der Waals surface area contributed by atoms with Crippen molar-refractivity contribution in [2.24, 2.45) is 0 Å². The van der Waals surface area contributed by atoms with Crippen LogP contribution in [0.5, 0.6) is 5.75 Å². The number of nitrogens with zero attached hydrogens (tertiary/aromatic N) is 1. The molecule has 0 aliphatic carbocycles. The van der Waals surface area contributed by atoms with E-state index in [9.17, 15) is 4.39 Å². The standard InChI is InChI=1S/C13H12BrFN2O/c1-16-13-4-2-3-9(17-13)8-18-10-5-6-11(14)12(15)7-10/h2-7H,8H2,1H3,(H,16,17). The third-order valence-electron chi connectivity index (χ3n) is 2.34. The maximum atomic E-state index is 13.3. The Hall–Kier alpha value is -1.62. The van der Waals surface area contributed by atoms with Crippen molar-refractivity contribution in [3.8, 4) is 5.75 Å². The Morgan fingerprint density at radius 3 is 2.89 bits per heavy atom. The highest BCUT2D eigenvalue weighted by Gasteiger charge is 2.02. The first-order valence-electron chi connectivity index (χ1n) is 5.40. The Labute approximate surface area is 113 Å². The molecule has 18 heavy (non-hydrogen) atoms. The molecule has 1 N–H and O–H groups in total. The van der Waals surface area contributed by atoms with E-state index in [2.05, 4.69) is 26.2 Å². The summed E-state index contributed by atoms with van der Waals surface area (Å²) in [6, 6.07) is 10.3. The van der Waals surface area contributed by atoms with Crippen LogP contribution in [0.4, 0.5) is 10.2 Å². The lowest BCUT2D eigenvalue weighted by Crippen LogP contribution is -2.01. The van der Waals surface area contributed by atoms with Crippen LogP contribution in [0.3, 0.4) is 0 Å². The minimum Gasteiger partial charge on any atom is -0.487 e. The van der Waals surface area contributed by atoms with E-state index >= 15 is 0 Å². The van der Waals surface area contributed by atoms with Crippen LogP contribution < -0.4 is 10.1 Å². The molecule has 94 valence electrons. The maximum Gasteiger partial charge on any atom is 0.141 e. The highest BCUT2D eigenvalue weighted by molar-refractivity contribution is 9.10. The SMILES string of the molecule is CNc1cccc(COc2ccc(Br)c(F)c2)n1. The van der Waals surface area contributed by atoms with Gasteiger partial charge >= 0.3 is 0 Å². The van der Waals surface area contributed by atoms with Crippen LogP contribution in [0.25, 0.3) is 0 Å². The van der Waals surface area contributed by atoms with Gasteiger partial charge in [0, 0.05) is 13.1 Å². The van der Waals surface area contributed by atoms with E-state index in [1.165, 1.54) is 6.07 Å². The second-order valence-corrected chi connectivity index (χ2v) is 4.48. The van der Waals surface area contributed by atoms with Crippen LogP contribution in [0.15, 0.2) is 40.9 Å². The number of aromatic nitrogens is 1. The number of ether oxygens (including phenoxy) is 1. The van der Waals surface area contributed by atoms with E-state index in [1.54, 1.807) is 19.2 Å². The van der Waals surface area contributed by atoms with E-state index in [0.29, 0.717) is 16.8 Å². The van der Waals surface area contributed by atoms with Gasteiger partial charge in [0.1, 0.15) is 24.0 Å². The number of rotatable bonds is 4. The van der Waals surface area contributed by atoms with Gasteiger partial charge in [-0.2, -0.15) is 0 Å².